The summed E-state index contributed by atoms with van der Waals surface area (Å²) in [4.78, 5) is 25.7. The lowest BCUT2D eigenvalue weighted by Crippen LogP contribution is -2.61. The van der Waals surface area contributed by atoms with Crippen LogP contribution in [-0.2, 0) is 38.0 Å². The number of ether oxygens (including phenoxy) is 6. The monoisotopic (exact) mass is 917 g/mol. The van der Waals surface area contributed by atoms with E-state index < -0.39 is 92.7 Å². The van der Waals surface area contributed by atoms with Crippen LogP contribution in [0.15, 0.2) is 24.3 Å². The highest BCUT2D eigenvalue weighted by Crippen LogP contribution is 2.26. The largest absolute Gasteiger partial charge is 0.462 e. The van der Waals surface area contributed by atoms with Crippen LogP contribution in [0.1, 0.15) is 181 Å². The number of hydrogen-bond acceptors (Lipinski definition) is 15. The first-order valence-electron chi connectivity index (χ1n) is 24.9. The van der Waals surface area contributed by atoms with Crippen LogP contribution in [0.3, 0.4) is 0 Å². The number of carbonyl (C=O) groups excluding carboxylic acids is 2. The van der Waals surface area contributed by atoms with Crippen LogP contribution >= 0.6 is 0 Å². The fraction of sp³-hybridized carbons (Fsp3) is 0.878. The van der Waals surface area contributed by atoms with E-state index in [1.807, 2.05) is 0 Å². The summed E-state index contributed by atoms with van der Waals surface area (Å²) in [5, 5.41) is 72.0. The number of hydrogen-bond donors (Lipinski definition) is 7. The van der Waals surface area contributed by atoms with Crippen molar-refractivity contribution in [3.8, 4) is 0 Å². The van der Waals surface area contributed by atoms with Crippen LogP contribution in [0.5, 0.6) is 0 Å². The molecule has 2 saturated heterocycles. The number of aliphatic hydroxyl groups excluding tert-OH is 7. The first kappa shape index (κ1) is 58.1. The second-order valence-electron chi connectivity index (χ2n) is 17.6. The van der Waals surface area contributed by atoms with Gasteiger partial charge in [0.25, 0.3) is 0 Å². The molecule has 2 fully saturated rings. The lowest BCUT2D eigenvalue weighted by molar-refractivity contribution is -0.332. The van der Waals surface area contributed by atoms with Gasteiger partial charge < -0.3 is 64.2 Å². The SMILES string of the molecule is CCCCCCCC/C=C/CCCCCCCC(=O)OC[C@H](CO[C@@H]1O[C@H](CO[C@@H]2O[C@H](CO)[C@H](O)C(O)C2O)[C@H](O)C(O)C1O)OC(=O)CCCCC/C=C/CCCCCCCC. The molecule has 0 radical (unpaired) electrons. The molecule has 15 heteroatoms. The van der Waals surface area contributed by atoms with Gasteiger partial charge in [-0.2, -0.15) is 0 Å². The topological polar surface area (TPSA) is 231 Å². The molecule has 7 N–H and O–H groups in total. The molecule has 0 aromatic rings. The van der Waals surface area contributed by atoms with Crippen molar-refractivity contribution in [1.82, 2.24) is 0 Å². The molecule has 0 saturated carbocycles. The molecule has 2 aliphatic heterocycles. The van der Waals surface area contributed by atoms with E-state index in [0.29, 0.717) is 12.8 Å². The zero-order valence-electron chi connectivity index (χ0n) is 39.3. The minimum Gasteiger partial charge on any atom is -0.462 e. The van der Waals surface area contributed by atoms with Gasteiger partial charge >= 0.3 is 11.9 Å². The van der Waals surface area contributed by atoms with Crippen molar-refractivity contribution in [2.75, 3.05) is 26.4 Å². The minimum absolute atomic E-state index is 0.145. The molecule has 64 heavy (non-hydrogen) atoms. The second-order valence-corrected chi connectivity index (χ2v) is 17.6. The Morgan fingerprint density at radius 3 is 1.39 bits per heavy atom. The summed E-state index contributed by atoms with van der Waals surface area (Å²) in [6, 6.07) is 0. The molecule has 0 bridgehead atoms. The Balaban J connectivity index is 1.83. The maximum absolute atomic E-state index is 13.0. The zero-order chi connectivity index (χ0) is 46.8. The number of esters is 2. The van der Waals surface area contributed by atoms with Gasteiger partial charge in [-0.1, -0.05) is 128 Å². The highest BCUT2D eigenvalue weighted by molar-refractivity contribution is 5.70. The average molecular weight is 917 g/mol. The second kappa shape index (κ2) is 37.0. The Bertz CT molecular complexity index is 1220. The molecule has 15 nitrogen and oxygen atoms in total. The molecular weight excluding hydrogens is 829 g/mol. The summed E-state index contributed by atoms with van der Waals surface area (Å²) in [6.45, 7) is 2.55. The summed E-state index contributed by atoms with van der Waals surface area (Å²) in [5.41, 5.74) is 0. The predicted octanol–water partition coefficient (Wildman–Crippen LogP) is 6.38. The Kier molecular flexibility index (Phi) is 33.6. The number of allylic oxidation sites excluding steroid dienone is 4. The third kappa shape index (κ3) is 25.2. The van der Waals surface area contributed by atoms with E-state index in [9.17, 15) is 45.3 Å². The van der Waals surface area contributed by atoms with Crippen molar-refractivity contribution in [2.24, 2.45) is 0 Å². The Hall–Kier alpha value is -2.02. The summed E-state index contributed by atoms with van der Waals surface area (Å²) >= 11 is 0. The number of rotatable bonds is 38. The molecule has 374 valence electrons. The van der Waals surface area contributed by atoms with Gasteiger partial charge in [-0.05, 0) is 64.2 Å². The van der Waals surface area contributed by atoms with E-state index in [1.165, 1.54) is 77.0 Å². The first-order valence-corrected chi connectivity index (χ1v) is 24.9. The van der Waals surface area contributed by atoms with Gasteiger partial charge in [0, 0.05) is 12.8 Å². The first-order chi connectivity index (χ1) is 31.0. The van der Waals surface area contributed by atoms with Gasteiger partial charge in [-0.3, -0.25) is 9.59 Å². The lowest BCUT2D eigenvalue weighted by atomic mass is 9.98. The summed E-state index contributed by atoms with van der Waals surface area (Å²) in [7, 11) is 0. The van der Waals surface area contributed by atoms with E-state index >= 15 is 0 Å². The van der Waals surface area contributed by atoms with Gasteiger partial charge in [0.05, 0.1) is 19.8 Å². The van der Waals surface area contributed by atoms with Gasteiger partial charge in [-0.25, -0.2) is 0 Å². The number of aliphatic hydroxyl groups is 7. The summed E-state index contributed by atoms with van der Waals surface area (Å²) in [5.74, 6) is -0.951. The lowest BCUT2D eigenvalue weighted by Gasteiger charge is -2.42. The van der Waals surface area contributed by atoms with E-state index in [0.717, 1.165) is 64.2 Å². The standard InChI is InChI=1S/C49H88O15/c1-3-5-7-9-11-13-15-17-18-20-21-23-25-27-29-31-40(51)59-34-37(62-41(52)32-30-28-26-24-22-19-16-14-12-10-8-6-4-2)35-60-48-47(58)45(56)43(54)39(64-48)36-61-49-46(57)44(55)42(53)38(33-50)63-49/h17-19,22,37-39,42-50,53-58H,3-16,20-21,23-36H2,1-2H3/b18-17+,22-19+/t37-,38-,39-,42+,43+,44?,45?,46?,47?,48-,49-/m1/s1. The molecule has 4 unspecified atom stereocenters. The highest BCUT2D eigenvalue weighted by atomic mass is 16.7. The van der Waals surface area contributed by atoms with Crippen LogP contribution in [-0.4, -0.2) is 142 Å². The van der Waals surface area contributed by atoms with E-state index in [4.69, 9.17) is 28.4 Å². The highest BCUT2D eigenvalue weighted by Gasteiger charge is 2.47. The van der Waals surface area contributed by atoms with Crippen molar-refractivity contribution in [1.29, 1.82) is 0 Å². The van der Waals surface area contributed by atoms with Crippen LogP contribution in [0.25, 0.3) is 0 Å². The van der Waals surface area contributed by atoms with Crippen LogP contribution in [0.4, 0.5) is 0 Å². The Labute approximate surface area is 383 Å². The van der Waals surface area contributed by atoms with Crippen molar-refractivity contribution in [2.45, 2.75) is 248 Å². The molecule has 2 aliphatic rings. The van der Waals surface area contributed by atoms with Crippen molar-refractivity contribution in [3.63, 3.8) is 0 Å². The number of carbonyl (C=O) groups is 2. The molecule has 0 aromatic heterocycles. The van der Waals surface area contributed by atoms with E-state index in [2.05, 4.69) is 38.2 Å². The van der Waals surface area contributed by atoms with Crippen molar-refractivity contribution >= 4 is 11.9 Å². The third-order valence-corrected chi connectivity index (χ3v) is 11.9. The fourth-order valence-corrected chi connectivity index (χ4v) is 7.73. The van der Waals surface area contributed by atoms with Crippen LogP contribution < -0.4 is 0 Å². The van der Waals surface area contributed by atoms with Crippen LogP contribution in [0, 0.1) is 0 Å². The van der Waals surface area contributed by atoms with E-state index in [1.54, 1.807) is 0 Å². The summed E-state index contributed by atoms with van der Waals surface area (Å²) < 4.78 is 33.5. The maximum Gasteiger partial charge on any atom is 0.306 e. The molecule has 0 amide bonds. The normalized spacial score (nSPS) is 26.8. The van der Waals surface area contributed by atoms with E-state index in [-0.39, 0.29) is 26.1 Å². The molecule has 0 aromatic carbocycles. The van der Waals surface area contributed by atoms with Gasteiger partial charge in [-0.15, -0.1) is 0 Å². The number of unbranched alkanes of at least 4 members (excludes halogenated alkanes) is 20. The Morgan fingerprint density at radius 1 is 0.484 bits per heavy atom. The molecule has 0 aliphatic carbocycles. The molecular formula is C49H88O15. The van der Waals surface area contributed by atoms with Crippen molar-refractivity contribution in [3.05, 3.63) is 24.3 Å². The smallest absolute Gasteiger partial charge is 0.306 e. The molecule has 0 spiro atoms. The molecule has 11 atom stereocenters. The molecule has 2 rings (SSSR count). The quantitative estimate of drug-likeness (QED) is 0.0203. The van der Waals surface area contributed by atoms with Gasteiger partial charge in [0.1, 0.15) is 55.4 Å². The predicted molar refractivity (Wildman–Crippen MR) is 243 cm³/mol. The maximum atomic E-state index is 13.0. The third-order valence-electron chi connectivity index (χ3n) is 11.9. The summed E-state index contributed by atoms with van der Waals surface area (Å²) in [6.07, 6.45) is 19.3. The van der Waals surface area contributed by atoms with Gasteiger partial charge in [0.15, 0.2) is 18.7 Å². The fourth-order valence-electron chi connectivity index (χ4n) is 7.73. The average Bonchev–Trinajstić information content (AvgIpc) is 3.29. The van der Waals surface area contributed by atoms with Crippen LogP contribution in [0.2, 0.25) is 0 Å². The molecule has 2 heterocycles. The van der Waals surface area contributed by atoms with Gasteiger partial charge in [0.2, 0.25) is 0 Å². The Morgan fingerprint density at radius 2 is 0.891 bits per heavy atom. The van der Waals surface area contributed by atoms with Crippen molar-refractivity contribution < 1.29 is 73.8 Å². The minimum atomic E-state index is -1.77. The zero-order valence-corrected chi connectivity index (χ0v) is 39.3.